The smallest absolute Gasteiger partial charge is 0.0598 e. The molecule has 0 heterocycles. The van der Waals surface area contributed by atoms with Gasteiger partial charge in [-0.05, 0) is 6.92 Å². The first-order valence-corrected chi connectivity index (χ1v) is 5.25. The fourth-order valence-corrected chi connectivity index (χ4v) is 0.183. The summed E-state index contributed by atoms with van der Waals surface area (Å²) in [5.41, 5.74) is 0. The van der Waals surface area contributed by atoms with Gasteiger partial charge in [-0.1, -0.05) is 57.4 Å². The van der Waals surface area contributed by atoms with Gasteiger partial charge in [0.1, 0.15) is 0 Å². The van der Waals surface area contributed by atoms with Crippen LogP contribution in [0, 0.1) is 0 Å². The van der Waals surface area contributed by atoms with E-state index in [4.69, 9.17) is 0 Å². The number of nitrogens with zero attached hydrogens (tertiary/aromatic N) is 1. The highest BCUT2D eigenvalue weighted by molar-refractivity contribution is 14.2. The maximum atomic E-state index is 4.38. The van der Waals surface area contributed by atoms with Crippen LogP contribution in [0.5, 0.6) is 0 Å². The van der Waals surface area contributed by atoms with Crippen LogP contribution in [0.4, 0.5) is 0 Å². The number of rotatable bonds is 1. The average Bonchev–Trinajstić information content (AvgIpc) is 1.66. The second-order valence-corrected chi connectivity index (χ2v) is 7.45. The van der Waals surface area contributed by atoms with Crippen LogP contribution in [0.3, 0.4) is 0 Å². The van der Waals surface area contributed by atoms with Gasteiger partial charge in [-0.25, -0.2) is 0 Å². The van der Waals surface area contributed by atoms with E-state index >= 15 is 0 Å². The Hall–Kier alpha value is 1.22. The van der Waals surface area contributed by atoms with Crippen molar-refractivity contribution < 1.29 is 0 Å². The zero-order chi connectivity index (χ0) is 7.70. The fourth-order valence-electron chi connectivity index (χ4n) is 0.0609. The highest BCUT2D eigenvalue weighted by Gasteiger charge is 1.73. The molecule has 0 aliphatic carbocycles. The summed E-state index contributed by atoms with van der Waals surface area (Å²) in [7, 11) is 1.68. The molecule has 0 N–H and O–H groups in total. The Balaban J connectivity index is 0. The number of hydrogen-bond acceptors (Lipinski definition) is 2. The quantitative estimate of drug-likeness (QED) is 0.300. The minimum Gasteiger partial charge on any atom is -0.296 e. The number of aliphatic imine (C=N–C) groups is 1. The molecular formula is C5H9I2NS. The molecule has 1 nitrogen and oxygen atoms in total. The summed E-state index contributed by atoms with van der Waals surface area (Å²) in [4.78, 5) is 3.57. The summed E-state index contributed by atoms with van der Waals surface area (Å²) < 4.78 is 0.773. The Morgan fingerprint density at radius 2 is 1.89 bits per heavy atom. The summed E-state index contributed by atoms with van der Waals surface area (Å²) >= 11 is 9.04. The van der Waals surface area contributed by atoms with Gasteiger partial charge in [0, 0.05) is 18.6 Å². The summed E-state index contributed by atoms with van der Waals surface area (Å²) in [5, 5.41) is 1.47. The topological polar surface area (TPSA) is 12.4 Å². The Morgan fingerprint density at radius 1 is 1.56 bits per heavy atom. The van der Waals surface area contributed by atoms with Crippen LogP contribution in [0.25, 0.3) is 0 Å². The van der Waals surface area contributed by atoms with Gasteiger partial charge in [0.2, 0.25) is 0 Å². The minimum absolute atomic E-state index is 0.773. The molecule has 0 aromatic heterocycles. The van der Waals surface area contributed by atoms with Gasteiger partial charge >= 0.3 is 0 Å². The van der Waals surface area contributed by atoms with E-state index in [1.165, 1.54) is 5.37 Å². The molecule has 0 radical (unpaired) electrons. The van der Waals surface area contributed by atoms with Crippen molar-refractivity contribution in [2.24, 2.45) is 4.99 Å². The second kappa shape index (κ2) is 12.0. The monoisotopic (exact) mass is 369 g/mol. The number of hydrogen-bond donors (Lipinski definition) is 0. The third-order valence-electron chi connectivity index (χ3n) is 0.210. The summed E-state index contributed by atoms with van der Waals surface area (Å²) in [6, 6.07) is 0. The number of halogens is 2. The van der Waals surface area contributed by atoms with E-state index in [0.717, 1.165) is 1.93 Å². The molecule has 9 heavy (non-hydrogen) atoms. The van der Waals surface area contributed by atoms with Crippen LogP contribution < -0.4 is 0 Å². The SMILES string of the molecule is CC(I)I.CN=CC=S. The van der Waals surface area contributed by atoms with Crippen LogP contribution in [0.1, 0.15) is 6.92 Å². The van der Waals surface area contributed by atoms with Crippen LogP contribution in [-0.2, 0) is 0 Å². The molecule has 0 spiro atoms. The maximum absolute atomic E-state index is 4.38. The van der Waals surface area contributed by atoms with Crippen molar-refractivity contribution in [1.29, 1.82) is 0 Å². The average molecular weight is 369 g/mol. The third kappa shape index (κ3) is 46.4. The molecule has 0 amide bonds. The first kappa shape index (κ1) is 12.9. The van der Waals surface area contributed by atoms with Crippen molar-refractivity contribution in [3.63, 3.8) is 0 Å². The van der Waals surface area contributed by atoms with E-state index in [9.17, 15) is 0 Å². The molecule has 0 aliphatic rings. The van der Waals surface area contributed by atoms with Gasteiger partial charge in [-0.15, -0.1) is 0 Å². The van der Waals surface area contributed by atoms with Crippen molar-refractivity contribution in [1.82, 2.24) is 0 Å². The van der Waals surface area contributed by atoms with Gasteiger partial charge in [-0.3, -0.25) is 4.99 Å². The standard InChI is InChI=1S/C3H5NS.C2H4I2/c1-4-2-3-5;1-2(3)4/h2-3H,1H3;2H,1H3. The van der Waals surface area contributed by atoms with Crippen molar-refractivity contribution in [2.75, 3.05) is 7.05 Å². The summed E-state index contributed by atoms with van der Waals surface area (Å²) in [6.45, 7) is 2.14. The highest BCUT2D eigenvalue weighted by atomic mass is 127. The van der Waals surface area contributed by atoms with E-state index < -0.39 is 0 Å². The molecule has 4 heteroatoms. The third-order valence-corrected chi connectivity index (χ3v) is 0.332. The normalized spacial score (nSPS) is 9.00. The molecular weight excluding hydrogens is 360 g/mol. The van der Waals surface area contributed by atoms with Crippen molar-refractivity contribution in [3.05, 3.63) is 0 Å². The molecule has 0 rings (SSSR count). The molecule has 0 fully saturated rings. The van der Waals surface area contributed by atoms with Gasteiger partial charge in [0.15, 0.2) is 0 Å². The Morgan fingerprint density at radius 3 is 1.89 bits per heavy atom. The molecule has 0 saturated carbocycles. The predicted octanol–water partition coefficient (Wildman–Crippen LogP) is 2.89. The molecule has 0 aliphatic heterocycles. The molecule has 54 valence electrons. The van der Waals surface area contributed by atoms with E-state index in [-0.39, 0.29) is 0 Å². The molecule has 0 atom stereocenters. The maximum Gasteiger partial charge on any atom is 0.0598 e. The van der Waals surface area contributed by atoms with Crippen molar-refractivity contribution in [2.45, 2.75) is 8.86 Å². The van der Waals surface area contributed by atoms with E-state index in [2.05, 4.69) is 69.3 Å². The minimum atomic E-state index is 0.773. The molecule has 0 aromatic carbocycles. The Labute approximate surface area is 89.0 Å². The van der Waals surface area contributed by atoms with Crippen LogP contribution >= 0.6 is 57.4 Å². The van der Waals surface area contributed by atoms with Crippen LogP contribution in [0.2, 0.25) is 0 Å². The van der Waals surface area contributed by atoms with Crippen LogP contribution in [0.15, 0.2) is 4.99 Å². The summed E-state index contributed by atoms with van der Waals surface area (Å²) in [6.07, 6.45) is 1.56. The van der Waals surface area contributed by atoms with Gasteiger partial charge in [0.25, 0.3) is 0 Å². The van der Waals surface area contributed by atoms with E-state index in [0.29, 0.717) is 0 Å². The molecule has 0 bridgehead atoms. The Kier molecular flexibility index (Phi) is 17.1. The van der Waals surface area contributed by atoms with Gasteiger partial charge < -0.3 is 0 Å². The van der Waals surface area contributed by atoms with Gasteiger partial charge in [0.05, 0.1) is 1.93 Å². The lowest BCUT2D eigenvalue weighted by atomic mass is 10.9. The predicted molar refractivity (Wildman–Crippen MR) is 65.6 cm³/mol. The first-order chi connectivity index (χ1) is 4.15. The molecule has 0 aromatic rings. The highest BCUT2D eigenvalue weighted by Crippen LogP contribution is 2.05. The fraction of sp³-hybridized carbons (Fsp3) is 0.600. The van der Waals surface area contributed by atoms with Crippen molar-refractivity contribution >= 4 is 69.0 Å². The molecule has 0 saturated heterocycles. The lowest BCUT2D eigenvalue weighted by Gasteiger charge is -1.73. The second-order valence-electron chi connectivity index (χ2n) is 1.06. The van der Waals surface area contributed by atoms with Gasteiger partial charge in [-0.2, -0.15) is 0 Å². The van der Waals surface area contributed by atoms with Crippen LogP contribution in [-0.4, -0.2) is 20.6 Å². The van der Waals surface area contributed by atoms with Crippen molar-refractivity contribution in [3.8, 4) is 0 Å². The zero-order valence-corrected chi connectivity index (χ0v) is 10.5. The summed E-state index contributed by atoms with van der Waals surface area (Å²) in [5.74, 6) is 0. The molecule has 0 unspecified atom stereocenters. The lowest BCUT2D eigenvalue weighted by molar-refractivity contribution is 1.48. The van der Waals surface area contributed by atoms with E-state index in [1.807, 2.05) is 0 Å². The number of alkyl halides is 2. The Bertz CT molecular complexity index is 80.3. The zero-order valence-electron chi connectivity index (χ0n) is 5.34. The lowest BCUT2D eigenvalue weighted by Crippen LogP contribution is -1.62. The van der Waals surface area contributed by atoms with E-state index in [1.54, 1.807) is 13.3 Å². The first-order valence-electron chi connectivity index (χ1n) is 2.29. The largest absolute Gasteiger partial charge is 0.296 e. The number of thiocarbonyl (C=S) groups is 1.